The first kappa shape index (κ1) is 19.3. The first-order valence-electron chi connectivity index (χ1n) is 9.30. The fourth-order valence-electron chi connectivity index (χ4n) is 3.53. The zero-order valence-corrected chi connectivity index (χ0v) is 16.7. The van der Waals surface area contributed by atoms with Crippen LogP contribution in [0.2, 0.25) is 5.02 Å². The van der Waals surface area contributed by atoms with E-state index in [2.05, 4.69) is 32.9 Å². The Kier molecular flexibility index (Phi) is 5.40. The summed E-state index contributed by atoms with van der Waals surface area (Å²) in [7, 11) is 1.67. The Morgan fingerprint density at radius 1 is 1.31 bits per heavy atom. The van der Waals surface area contributed by atoms with Crippen molar-refractivity contribution in [1.29, 1.82) is 0 Å². The third kappa shape index (κ3) is 4.05. The summed E-state index contributed by atoms with van der Waals surface area (Å²) >= 11 is 6.08. The summed E-state index contributed by atoms with van der Waals surface area (Å²) in [5, 5.41) is 4.87. The highest BCUT2D eigenvalue weighted by molar-refractivity contribution is 6.30. The van der Waals surface area contributed by atoms with E-state index in [0.717, 1.165) is 17.9 Å². The third-order valence-corrected chi connectivity index (χ3v) is 5.43. The van der Waals surface area contributed by atoms with Crippen molar-refractivity contribution in [3.05, 3.63) is 70.5 Å². The molecule has 148 valence electrons. The van der Waals surface area contributed by atoms with E-state index in [4.69, 9.17) is 16.1 Å². The molecule has 7 nitrogen and oxygen atoms in total. The minimum Gasteiger partial charge on any atom is -0.337 e. The highest BCUT2D eigenvalue weighted by Crippen LogP contribution is 2.46. The van der Waals surface area contributed by atoms with Crippen LogP contribution in [0.3, 0.4) is 0 Å². The van der Waals surface area contributed by atoms with E-state index < -0.39 is 0 Å². The number of aliphatic imine (C=N–C) groups is 1. The molecule has 29 heavy (non-hydrogen) atoms. The molecule has 0 N–H and O–H groups in total. The van der Waals surface area contributed by atoms with E-state index in [9.17, 15) is 4.79 Å². The number of hydrogen-bond donors (Lipinski definition) is 0. The Balaban J connectivity index is 1.37. The van der Waals surface area contributed by atoms with Crippen LogP contribution in [0.5, 0.6) is 0 Å². The van der Waals surface area contributed by atoms with Crippen LogP contribution < -0.4 is 0 Å². The van der Waals surface area contributed by atoms with Gasteiger partial charge in [-0.1, -0.05) is 28.9 Å². The van der Waals surface area contributed by atoms with Crippen molar-refractivity contribution in [1.82, 2.24) is 20.0 Å². The second-order valence-corrected chi connectivity index (χ2v) is 7.60. The minimum atomic E-state index is -0.232. The predicted molar refractivity (Wildman–Crippen MR) is 110 cm³/mol. The van der Waals surface area contributed by atoms with Gasteiger partial charge in [-0.25, -0.2) is 9.98 Å². The molecule has 0 aliphatic heterocycles. The monoisotopic (exact) mass is 409 g/mol. The summed E-state index contributed by atoms with van der Waals surface area (Å²) in [6.45, 7) is 3.67. The molecule has 2 aromatic heterocycles. The zero-order valence-electron chi connectivity index (χ0n) is 16.0. The van der Waals surface area contributed by atoms with Gasteiger partial charge in [-0.2, -0.15) is 4.98 Å². The Morgan fingerprint density at radius 3 is 2.90 bits per heavy atom. The molecular weight excluding hydrogens is 390 g/mol. The molecule has 1 aliphatic rings. The van der Waals surface area contributed by atoms with E-state index in [1.165, 1.54) is 10.5 Å². The van der Waals surface area contributed by atoms with Gasteiger partial charge in [0, 0.05) is 24.2 Å². The minimum absolute atomic E-state index is 0.210. The molecule has 0 atom stereocenters. The average molecular weight is 410 g/mol. The van der Waals surface area contributed by atoms with Gasteiger partial charge in [-0.15, -0.1) is 0 Å². The second-order valence-electron chi connectivity index (χ2n) is 7.16. The van der Waals surface area contributed by atoms with E-state index in [0.29, 0.717) is 29.0 Å². The average Bonchev–Trinajstić information content (AvgIpc) is 3.14. The van der Waals surface area contributed by atoms with E-state index in [1.807, 2.05) is 18.2 Å². The van der Waals surface area contributed by atoms with E-state index >= 15 is 0 Å². The lowest BCUT2D eigenvalue weighted by Gasteiger charge is -2.33. The molecular formula is C21H20ClN5O2. The maximum absolute atomic E-state index is 12.7. The number of nitrogens with zero attached hydrogens (tertiary/aromatic N) is 5. The highest BCUT2D eigenvalue weighted by Gasteiger charge is 2.35. The van der Waals surface area contributed by atoms with Crippen molar-refractivity contribution in [3.63, 3.8) is 0 Å². The smallest absolute Gasteiger partial charge is 0.257 e. The lowest BCUT2D eigenvalue weighted by atomic mass is 9.71. The molecule has 0 radical (unpaired) electrons. The first-order chi connectivity index (χ1) is 14.0. The molecule has 1 aromatic carbocycles. The number of carbonyl (C=O) groups excluding carboxylic acids is 1. The SMILES string of the molecule is C=Nc1ncccc1C(=O)N(C)Cc1nc(C2CC(c3cccc(Cl)c3)C2)no1. The number of aromatic nitrogens is 3. The Hall–Kier alpha value is -3.06. The van der Waals surface area contributed by atoms with Gasteiger partial charge in [-0.05, 0) is 55.3 Å². The Morgan fingerprint density at radius 2 is 2.14 bits per heavy atom. The van der Waals surface area contributed by atoms with Gasteiger partial charge in [0.05, 0.1) is 12.1 Å². The van der Waals surface area contributed by atoms with E-state index in [-0.39, 0.29) is 18.4 Å². The molecule has 0 bridgehead atoms. The van der Waals surface area contributed by atoms with E-state index in [1.54, 1.807) is 25.4 Å². The topological polar surface area (TPSA) is 84.5 Å². The normalized spacial score (nSPS) is 18.1. The van der Waals surface area contributed by atoms with Crippen LogP contribution in [-0.2, 0) is 6.54 Å². The third-order valence-electron chi connectivity index (χ3n) is 5.19. The number of hydrogen-bond acceptors (Lipinski definition) is 6. The maximum Gasteiger partial charge on any atom is 0.257 e. The number of carbonyl (C=O) groups is 1. The van der Waals surface area contributed by atoms with Crippen LogP contribution >= 0.6 is 11.6 Å². The van der Waals surface area contributed by atoms with Gasteiger partial charge in [0.1, 0.15) is 0 Å². The molecule has 2 heterocycles. The van der Waals surface area contributed by atoms with Crippen molar-refractivity contribution in [3.8, 4) is 0 Å². The van der Waals surface area contributed by atoms with Crippen molar-refractivity contribution < 1.29 is 9.32 Å². The van der Waals surface area contributed by atoms with Gasteiger partial charge in [0.15, 0.2) is 11.6 Å². The van der Waals surface area contributed by atoms with Crippen LogP contribution in [0.4, 0.5) is 5.82 Å². The van der Waals surface area contributed by atoms with Crippen molar-refractivity contribution in [2.45, 2.75) is 31.2 Å². The summed E-state index contributed by atoms with van der Waals surface area (Å²) in [6, 6.07) is 11.3. The number of pyridine rings is 1. The van der Waals surface area contributed by atoms with Crippen LogP contribution in [0.15, 0.2) is 52.1 Å². The second kappa shape index (κ2) is 8.13. The molecule has 8 heteroatoms. The zero-order chi connectivity index (χ0) is 20.4. The molecule has 4 rings (SSSR count). The van der Waals surface area contributed by atoms with Gasteiger partial charge in [-0.3, -0.25) is 4.79 Å². The number of amides is 1. The summed E-state index contributed by atoms with van der Waals surface area (Å²) in [6.07, 6.45) is 3.48. The van der Waals surface area contributed by atoms with Crippen LogP contribution in [0.1, 0.15) is 52.3 Å². The van der Waals surface area contributed by atoms with Crippen LogP contribution in [0, 0.1) is 0 Å². The lowest BCUT2D eigenvalue weighted by Crippen LogP contribution is -2.26. The fourth-order valence-corrected chi connectivity index (χ4v) is 3.73. The van der Waals surface area contributed by atoms with Gasteiger partial charge in [0.2, 0.25) is 5.89 Å². The molecule has 1 saturated carbocycles. The van der Waals surface area contributed by atoms with Crippen molar-refractivity contribution in [2.24, 2.45) is 4.99 Å². The molecule has 0 saturated heterocycles. The molecule has 3 aromatic rings. The number of benzene rings is 1. The summed E-state index contributed by atoms with van der Waals surface area (Å²) in [5.41, 5.74) is 1.62. The molecule has 1 amide bonds. The summed E-state index contributed by atoms with van der Waals surface area (Å²) in [4.78, 5) is 26.5. The fraction of sp³-hybridized carbons (Fsp3) is 0.286. The molecule has 1 aliphatic carbocycles. The standard InChI is InChI=1S/C21H20ClN5O2/c1-23-20-17(7-4-8-24-20)21(28)27(2)12-18-25-19(26-29-18)15-9-14(10-15)13-5-3-6-16(22)11-13/h3-8,11,14-15H,1,9-10,12H2,2H3. The Bertz CT molecular complexity index is 1040. The maximum atomic E-state index is 12.7. The number of rotatable bonds is 6. The molecule has 0 spiro atoms. The highest BCUT2D eigenvalue weighted by atomic mass is 35.5. The molecule has 1 fully saturated rings. The van der Waals surface area contributed by atoms with Crippen LogP contribution in [-0.4, -0.2) is 39.7 Å². The first-order valence-corrected chi connectivity index (χ1v) is 9.68. The summed E-state index contributed by atoms with van der Waals surface area (Å²) in [5.74, 6) is 1.88. The number of halogens is 1. The van der Waals surface area contributed by atoms with Gasteiger partial charge < -0.3 is 9.42 Å². The van der Waals surface area contributed by atoms with Crippen LogP contribution in [0.25, 0.3) is 0 Å². The predicted octanol–water partition coefficient (Wildman–Crippen LogP) is 4.38. The quantitative estimate of drug-likeness (QED) is 0.564. The lowest BCUT2D eigenvalue weighted by molar-refractivity contribution is 0.0770. The Labute approximate surface area is 173 Å². The van der Waals surface area contributed by atoms with Crippen molar-refractivity contribution >= 4 is 30.0 Å². The molecule has 0 unspecified atom stereocenters. The summed E-state index contributed by atoms with van der Waals surface area (Å²) < 4.78 is 5.37. The largest absolute Gasteiger partial charge is 0.337 e. The van der Waals surface area contributed by atoms with Gasteiger partial charge in [0.25, 0.3) is 5.91 Å². The van der Waals surface area contributed by atoms with Crippen molar-refractivity contribution in [2.75, 3.05) is 7.05 Å². The van der Waals surface area contributed by atoms with Gasteiger partial charge >= 0.3 is 0 Å².